The molecule has 0 aliphatic heterocycles. The molecular weight excluding hydrogens is 749 g/mol. The Morgan fingerprint density at radius 3 is 1.13 bits per heavy atom. The van der Waals surface area contributed by atoms with E-state index in [2.05, 4.69) is 241 Å². The molecule has 0 N–H and O–H groups in total. The number of fused-ring (bicyclic) bond motifs is 13. The third-order valence-electron chi connectivity index (χ3n) is 12.7. The van der Waals surface area contributed by atoms with E-state index in [0.717, 1.165) is 39.7 Å². The van der Waals surface area contributed by atoms with Gasteiger partial charge in [0, 0.05) is 33.5 Å². The van der Waals surface area contributed by atoms with Crippen LogP contribution in [0.25, 0.3) is 81.5 Å². The van der Waals surface area contributed by atoms with Crippen molar-refractivity contribution in [2.24, 2.45) is 0 Å². The maximum absolute atomic E-state index is 4.04. The van der Waals surface area contributed by atoms with E-state index in [0.29, 0.717) is 0 Å². The Morgan fingerprint density at radius 1 is 0.274 bits per heavy atom. The van der Waals surface area contributed by atoms with Crippen LogP contribution in [0.2, 0.25) is 0 Å². The van der Waals surface area contributed by atoms with Crippen molar-refractivity contribution in [1.82, 2.24) is 0 Å². The number of nitrogens with zero attached hydrogens (tertiary/aromatic N) is 2. The first kappa shape index (κ1) is 35.7. The van der Waals surface area contributed by atoms with Crippen molar-refractivity contribution in [3.05, 3.63) is 237 Å². The van der Waals surface area contributed by atoms with Crippen molar-refractivity contribution in [1.29, 1.82) is 0 Å². The number of hydrogen-bond acceptors (Lipinski definition) is 2. The maximum Gasteiger partial charge on any atom is 0.0540 e. The van der Waals surface area contributed by atoms with Gasteiger partial charge in [-0.3, -0.25) is 0 Å². The first-order valence-electron chi connectivity index (χ1n) is 21.3. The quantitative estimate of drug-likeness (QED) is 0.148. The summed E-state index contributed by atoms with van der Waals surface area (Å²) in [4.78, 5) is 4.84. The Kier molecular flexibility index (Phi) is 8.36. The first-order chi connectivity index (χ1) is 30.7. The Bertz CT molecular complexity index is 3710. The minimum Gasteiger partial charge on any atom is -0.310 e. The zero-order valence-electron chi connectivity index (χ0n) is 34.0. The van der Waals surface area contributed by atoms with Crippen LogP contribution in [0.5, 0.6) is 0 Å². The lowest BCUT2D eigenvalue weighted by Crippen LogP contribution is -2.10. The predicted octanol–water partition coefficient (Wildman–Crippen LogP) is 17.3. The Balaban J connectivity index is 1.19. The second-order valence-electron chi connectivity index (χ2n) is 16.1. The number of para-hydroxylation sites is 1. The van der Waals surface area contributed by atoms with Crippen molar-refractivity contribution >= 4 is 116 Å². The van der Waals surface area contributed by atoms with Gasteiger partial charge in [-0.05, 0) is 131 Å². The molecule has 2 heteroatoms. The van der Waals surface area contributed by atoms with E-state index in [1.165, 1.54) is 75.4 Å². The van der Waals surface area contributed by atoms with Crippen LogP contribution in [0.15, 0.2) is 231 Å². The minimum atomic E-state index is 1.09. The molecule has 12 aromatic rings. The van der Waals surface area contributed by atoms with Crippen LogP contribution in [0.1, 0.15) is 5.56 Å². The third kappa shape index (κ3) is 5.65. The van der Waals surface area contributed by atoms with Crippen molar-refractivity contribution in [2.45, 2.75) is 0 Å². The highest BCUT2D eigenvalue weighted by atomic mass is 15.1. The van der Waals surface area contributed by atoms with Crippen LogP contribution in [0, 0.1) is 0 Å². The average molecular weight is 789 g/mol. The lowest BCUT2D eigenvalue weighted by Gasteiger charge is -2.28. The summed E-state index contributed by atoms with van der Waals surface area (Å²) in [6.07, 6.45) is 1.90. The monoisotopic (exact) mass is 788 g/mol. The lowest BCUT2D eigenvalue weighted by atomic mass is 9.86. The van der Waals surface area contributed by atoms with Gasteiger partial charge in [-0.1, -0.05) is 176 Å². The van der Waals surface area contributed by atoms with Gasteiger partial charge in [-0.15, -0.1) is 0 Å². The highest BCUT2D eigenvalue weighted by Gasteiger charge is 2.22. The number of anilines is 6. The standard InChI is InChI=1S/C60H40N2/c1-2-40-30-32-44(33-31-40)62(58-29-15-19-42-17-7-9-23-48(42)58)46-35-37-52-50-25-11-12-26-53(50)59-55-38-45(34-36-51(55)49-24-10-13-27-54(49)60(59)56(52)39-46)61(43-20-4-3-5-21-43)57-28-14-18-41-16-6-8-22-47(41)57/h2-39H,1H2. The lowest BCUT2D eigenvalue weighted by molar-refractivity contribution is 1.30. The molecule has 0 saturated carbocycles. The number of benzene rings is 12. The van der Waals surface area contributed by atoms with Gasteiger partial charge >= 0.3 is 0 Å². The molecule has 0 saturated heterocycles. The zero-order valence-corrected chi connectivity index (χ0v) is 34.0. The van der Waals surface area contributed by atoms with E-state index in [4.69, 9.17) is 0 Å². The SMILES string of the molecule is C=Cc1ccc(N(c2ccc3c4ccccc4c4c5cc(N(c6ccccc6)c6cccc7ccccc67)ccc5c5ccccc5c4c3c2)c2cccc3ccccc23)cc1. The molecular formula is C60H40N2. The maximum atomic E-state index is 4.04. The third-order valence-corrected chi connectivity index (χ3v) is 12.7. The molecule has 0 unspecified atom stereocenters. The van der Waals surface area contributed by atoms with E-state index in [9.17, 15) is 0 Å². The smallest absolute Gasteiger partial charge is 0.0540 e. The predicted molar refractivity (Wildman–Crippen MR) is 268 cm³/mol. The van der Waals surface area contributed by atoms with Gasteiger partial charge < -0.3 is 9.80 Å². The molecule has 0 amide bonds. The summed E-state index contributed by atoms with van der Waals surface area (Å²) in [5.74, 6) is 0. The molecule has 62 heavy (non-hydrogen) atoms. The van der Waals surface area contributed by atoms with Crippen LogP contribution >= 0.6 is 0 Å². The van der Waals surface area contributed by atoms with Crippen molar-refractivity contribution in [3.63, 3.8) is 0 Å². The molecule has 0 aromatic heterocycles. The summed E-state index contributed by atoms with van der Waals surface area (Å²) in [7, 11) is 0. The molecule has 290 valence electrons. The fraction of sp³-hybridized carbons (Fsp3) is 0. The Hall–Kier alpha value is -8.20. The topological polar surface area (TPSA) is 6.48 Å². The number of hydrogen-bond donors (Lipinski definition) is 0. The van der Waals surface area contributed by atoms with Gasteiger partial charge in [-0.2, -0.15) is 0 Å². The van der Waals surface area contributed by atoms with Crippen molar-refractivity contribution in [3.8, 4) is 0 Å². The van der Waals surface area contributed by atoms with Crippen molar-refractivity contribution in [2.75, 3.05) is 9.80 Å². The number of rotatable bonds is 7. The van der Waals surface area contributed by atoms with Crippen molar-refractivity contribution < 1.29 is 0 Å². The highest BCUT2D eigenvalue weighted by Crippen LogP contribution is 2.48. The average Bonchev–Trinajstić information content (AvgIpc) is 3.34. The van der Waals surface area contributed by atoms with E-state index in [-0.39, 0.29) is 0 Å². The van der Waals surface area contributed by atoms with Gasteiger partial charge in [0.05, 0.1) is 11.4 Å². The van der Waals surface area contributed by atoms with Gasteiger partial charge in [0.15, 0.2) is 0 Å². The van der Waals surface area contributed by atoms with E-state index in [1.807, 2.05) is 6.08 Å². The Morgan fingerprint density at radius 2 is 0.645 bits per heavy atom. The van der Waals surface area contributed by atoms with Crippen LogP contribution in [0.4, 0.5) is 34.1 Å². The molecule has 0 bridgehead atoms. The summed E-state index contributed by atoms with van der Waals surface area (Å²) in [5, 5.41) is 17.3. The molecule has 0 aliphatic rings. The molecule has 0 fully saturated rings. The second kappa shape index (κ2) is 14.5. The molecule has 12 rings (SSSR count). The fourth-order valence-corrected chi connectivity index (χ4v) is 9.92. The highest BCUT2D eigenvalue weighted by molar-refractivity contribution is 6.40. The molecule has 0 heterocycles. The van der Waals surface area contributed by atoms with E-state index in [1.54, 1.807) is 0 Å². The summed E-state index contributed by atoms with van der Waals surface area (Å²) < 4.78 is 0. The zero-order chi connectivity index (χ0) is 41.1. The normalized spacial score (nSPS) is 11.6. The summed E-state index contributed by atoms with van der Waals surface area (Å²) in [6, 6.07) is 82.2. The minimum absolute atomic E-state index is 1.09. The molecule has 0 atom stereocenters. The van der Waals surface area contributed by atoms with Gasteiger partial charge in [-0.25, -0.2) is 0 Å². The molecule has 0 spiro atoms. The van der Waals surface area contributed by atoms with Gasteiger partial charge in [0.25, 0.3) is 0 Å². The van der Waals surface area contributed by atoms with Gasteiger partial charge in [0.2, 0.25) is 0 Å². The van der Waals surface area contributed by atoms with Crippen LogP contribution in [-0.4, -0.2) is 0 Å². The van der Waals surface area contributed by atoms with Crippen LogP contribution in [0.3, 0.4) is 0 Å². The fourth-order valence-electron chi connectivity index (χ4n) is 9.92. The largest absolute Gasteiger partial charge is 0.310 e. The first-order valence-corrected chi connectivity index (χ1v) is 21.3. The molecule has 0 radical (unpaired) electrons. The van der Waals surface area contributed by atoms with Crippen LogP contribution < -0.4 is 9.80 Å². The molecule has 0 aliphatic carbocycles. The summed E-state index contributed by atoms with van der Waals surface area (Å²) in [5.41, 5.74) is 7.78. The second-order valence-corrected chi connectivity index (χ2v) is 16.1. The van der Waals surface area contributed by atoms with E-state index >= 15 is 0 Å². The summed E-state index contributed by atoms with van der Waals surface area (Å²) in [6.45, 7) is 4.04. The van der Waals surface area contributed by atoms with Gasteiger partial charge in [0.1, 0.15) is 0 Å². The Labute approximate surface area is 360 Å². The molecule has 2 nitrogen and oxygen atoms in total. The molecule has 12 aromatic carbocycles. The summed E-state index contributed by atoms with van der Waals surface area (Å²) >= 11 is 0. The van der Waals surface area contributed by atoms with Crippen LogP contribution in [-0.2, 0) is 0 Å². The van der Waals surface area contributed by atoms with E-state index < -0.39 is 0 Å².